The van der Waals surface area contributed by atoms with Gasteiger partial charge in [-0.05, 0) is 39.0 Å². The number of alkyl halides is 3. The molecule has 0 aliphatic rings. The molecule has 0 spiro atoms. The van der Waals surface area contributed by atoms with E-state index in [-0.39, 0.29) is 0 Å². The predicted molar refractivity (Wildman–Crippen MR) is 58.3 cm³/mol. The number of halogens is 4. The van der Waals surface area contributed by atoms with Crippen LogP contribution in [0.15, 0.2) is 23.1 Å². The lowest BCUT2D eigenvalue weighted by atomic mass is 10.2. The molecule has 1 aromatic carbocycles. The zero-order valence-electron chi connectivity index (χ0n) is 9.97. The molecule has 0 bridgehead atoms. The van der Waals surface area contributed by atoms with Crippen molar-refractivity contribution >= 4 is 9.84 Å². The quantitative estimate of drug-likeness (QED) is 0.585. The van der Waals surface area contributed by atoms with E-state index in [1.165, 1.54) is 20.8 Å². The minimum atomic E-state index is -4.92. The van der Waals surface area contributed by atoms with Crippen molar-refractivity contribution in [2.45, 2.75) is 36.6 Å². The molecule has 0 saturated heterocycles. The first-order chi connectivity index (χ1) is 7.87. The third kappa shape index (κ3) is 2.66. The molecular formula is C11H12F4O2S. The molecule has 0 amide bonds. The molecule has 1 rings (SSSR count). The van der Waals surface area contributed by atoms with Crippen molar-refractivity contribution in [1.29, 1.82) is 0 Å². The number of rotatable bonds is 1. The van der Waals surface area contributed by atoms with Gasteiger partial charge in [0.25, 0.3) is 0 Å². The van der Waals surface area contributed by atoms with Gasteiger partial charge >= 0.3 is 6.18 Å². The number of hydrogen-bond acceptors (Lipinski definition) is 2. The Bertz CT molecular complexity index is 553. The van der Waals surface area contributed by atoms with Gasteiger partial charge in [-0.2, -0.15) is 13.2 Å². The normalized spacial score (nSPS) is 13.7. The first-order valence-corrected chi connectivity index (χ1v) is 6.47. The first-order valence-electron chi connectivity index (χ1n) is 4.99. The van der Waals surface area contributed by atoms with Gasteiger partial charge in [-0.1, -0.05) is 0 Å². The van der Waals surface area contributed by atoms with Gasteiger partial charge in [-0.15, -0.1) is 0 Å². The van der Waals surface area contributed by atoms with Crippen molar-refractivity contribution in [2.75, 3.05) is 0 Å². The lowest BCUT2D eigenvalue weighted by Gasteiger charge is -2.20. The zero-order valence-corrected chi connectivity index (χ0v) is 10.8. The average Bonchev–Trinajstić information content (AvgIpc) is 2.14. The predicted octanol–water partition coefficient (Wildman–Crippen LogP) is 3.42. The molecule has 0 aromatic heterocycles. The molecule has 0 heterocycles. The van der Waals surface area contributed by atoms with Crippen molar-refractivity contribution in [3.63, 3.8) is 0 Å². The Morgan fingerprint density at radius 2 is 1.56 bits per heavy atom. The molecule has 0 N–H and O–H groups in total. The molecule has 0 saturated carbocycles. The van der Waals surface area contributed by atoms with Gasteiger partial charge in [-0.3, -0.25) is 0 Å². The van der Waals surface area contributed by atoms with Gasteiger partial charge < -0.3 is 0 Å². The minimum absolute atomic E-state index is 0.329. The van der Waals surface area contributed by atoms with Gasteiger partial charge in [0, 0.05) is 0 Å². The van der Waals surface area contributed by atoms with Crippen LogP contribution in [0.2, 0.25) is 0 Å². The molecule has 7 heteroatoms. The molecule has 102 valence electrons. The Balaban J connectivity index is 3.49. The summed E-state index contributed by atoms with van der Waals surface area (Å²) in [6.07, 6.45) is -4.92. The van der Waals surface area contributed by atoms with E-state index in [2.05, 4.69) is 0 Å². The first kappa shape index (κ1) is 14.9. The summed E-state index contributed by atoms with van der Waals surface area (Å²) >= 11 is 0. The largest absolute Gasteiger partial charge is 0.419 e. The number of benzene rings is 1. The third-order valence-corrected chi connectivity index (χ3v) is 4.85. The Kier molecular flexibility index (Phi) is 3.51. The van der Waals surface area contributed by atoms with Gasteiger partial charge in [0.15, 0.2) is 9.84 Å². The van der Waals surface area contributed by atoms with Crippen LogP contribution < -0.4 is 0 Å². The molecule has 1 aromatic rings. The smallest absolute Gasteiger partial charge is 0.223 e. The standard InChI is InChI=1S/C11H12F4O2S/c1-10(2,3)18(16,17)7-4-5-9(12)8(6-7)11(13,14)15/h4-6H,1-3H3. The van der Waals surface area contributed by atoms with Crippen molar-refractivity contribution in [3.05, 3.63) is 29.6 Å². The third-order valence-electron chi connectivity index (χ3n) is 2.36. The molecule has 0 atom stereocenters. The molecule has 18 heavy (non-hydrogen) atoms. The van der Waals surface area contributed by atoms with Crippen LogP contribution in [-0.2, 0) is 16.0 Å². The van der Waals surface area contributed by atoms with Crippen molar-refractivity contribution < 1.29 is 26.0 Å². The molecule has 0 unspecified atom stereocenters. The molecule has 2 nitrogen and oxygen atoms in total. The fraction of sp³-hybridized carbons (Fsp3) is 0.455. The summed E-state index contributed by atoms with van der Waals surface area (Å²) in [5.41, 5.74) is -1.58. The topological polar surface area (TPSA) is 34.1 Å². The van der Waals surface area contributed by atoms with Crippen LogP contribution in [0.1, 0.15) is 26.3 Å². The summed E-state index contributed by atoms with van der Waals surface area (Å²) in [6.45, 7) is 4.08. The Hall–Kier alpha value is -1.11. The van der Waals surface area contributed by atoms with E-state index in [4.69, 9.17) is 0 Å². The highest BCUT2D eigenvalue weighted by Gasteiger charge is 2.37. The summed E-state index contributed by atoms with van der Waals surface area (Å²) in [5.74, 6) is -1.49. The Morgan fingerprint density at radius 3 is 1.94 bits per heavy atom. The van der Waals surface area contributed by atoms with Crippen molar-refractivity contribution in [1.82, 2.24) is 0 Å². The minimum Gasteiger partial charge on any atom is -0.223 e. The highest BCUT2D eigenvalue weighted by molar-refractivity contribution is 7.92. The second kappa shape index (κ2) is 4.22. The second-order valence-electron chi connectivity index (χ2n) is 4.76. The molecule has 0 radical (unpaired) electrons. The van der Waals surface area contributed by atoms with Crippen molar-refractivity contribution in [2.24, 2.45) is 0 Å². The summed E-state index contributed by atoms with van der Waals surface area (Å²) < 4.78 is 73.1. The Morgan fingerprint density at radius 1 is 1.06 bits per heavy atom. The van der Waals surface area contributed by atoms with Gasteiger partial charge in [-0.25, -0.2) is 12.8 Å². The maximum Gasteiger partial charge on any atom is 0.419 e. The fourth-order valence-electron chi connectivity index (χ4n) is 1.24. The van der Waals surface area contributed by atoms with Crippen LogP contribution in [0.3, 0.4) is 0 Å². The molecule has 0 fully saturated rings. The van der Waals surface area contributed by atoms with Crippen LogP contribution >= 0.6 is 0 Å². The zero-order chi connectivity index (χ0) is 14.4. The van der Waals surface area contributed by atoms with E-state index in [0.717, 1.165) is 6.07 Å². The summed E-state index contributed by atoms with van der Waals surface area (Å²) in [5, 5.41) is 0. The highest BCUT2D eigenvalue weighted by atomic mass is 32.2. The molecule has 0 aliphatic carbocycles. The molecular weight excluding hydrogens is 272 g/mol. The monoisotopic (exact) mass is 284 g/mol. The number of hydrogen-bond donors (Lipinski definition) is 0. The average molecular weight is 284 g/mol. The Labute approximate surface area is 103 Å². The molecule has 0 aliphatic heterocycles. The van der Waals surface area contributed by atoms with Crippen LogP contribution in [0.5, 0.6) is 0 Å². The van der Waals surface area contributed by atoms with E-state index in [1.807, 2.05) is 0 Å². The van der Waals surface area contributed by atoms with Crippen molar-refractivity contribution in [3.8, 4) is 0 Å². The van der Waals surface area contributed by atoms with Gasteiger partial charge in [0.2, 0.25) is 0 Å². The van der Waals surface area contributed by atoms with Crippen LogP contribution in [0.25, 0.3) is 0 Å². The SMILES string of the molecule is CC(C)(C)S(=O)(=O)c1ccc(F)c(C(F)(F)F)c1. The lowest BCUT2D eigenvalue weighted by molar-refractivity contribution is -0.140. The van der Waals surface area contributed by atoms with Crippen LogP contribution in [0.4, 0.5) is 17.6 Å². The van der Waals surface area contributed by atoms with Gasteiger partial charge in [0.1, 0.15) is 5.82 Å². The van der Waals surface area contributed by atoms with Crippen LogP contribution in [-0.4, -0.2) is 13.2 Å². The van der Waals surface area contributed by atoms with E-state index in [0.29, 0.717) is 12.1 Å². The second-order valence-corrected chi connectivity index (χ2v) is 7.46. The van der Waals surface area contributed by atoms with Gasteiger partial charge in [0.05, 0.1) is 15.2 Å². The van der Waals surface area contributed by atoms with E-state index in [1.54, 1.807) is 0 Å². The van der Waals surface area contributed by atoms with E-state index >= 15 is 0 Å². The van der Waals surface area contributed by atoms with E-state index in [9.17, 15) is 26.0 Å². The maximum atomic E-state index is 13.0. The fourth-order valence-corrected chi connectivity index (χ4v) is 2.47. The summed E-state index contributed by atoms with van der Waals surface area (Å²) in [6, 6.07) is 1.68. The summed E-state index contributed by atoms with van der Waals surface area (Å²) in [7, 11) is -3.94. The lowest BCUT2D eigenvalue weighted by Crippen LogP contribution is -2.28. The van der Waals surface area contributed by atoms with E-state index < -0.39 is 37.0 Å². The summed E-state index contributed by atoms with van der Waals surface area (Å²) in [4.78, 5) is -0.538. The number of sulfone groups is 1. The van der Waals surface area contributed by atoms with Crippen LogP contribution in [0, 0.1) is 5.82 Å². The maximum absolute atomic E-state index is 13.0. The highest BCUT2D eigenvalue weighted by Crippen LogP contribution is 2.34.